The molecule has 0 spiro atoms. The van der Waals surface area contributed by atoms with Gasteiger partial charge in [0.05, 0.1) is 0 Å². The first-order valence-electron chi connectivity index (χ1n) is 9.52. The Morgan fingerprint density at radius 1 is 0.821 bits per heavy atom. The van der Waals surface area contributed by atoms with Gasteiger partial charge in [0.1, 0.15) is 0 Å². The molecule has 28 heavy (non-hydrogen) atoms. The summed E-state index contributed by atoms with van der Waals surface area (Å²) in [5.41, 5.74) is 11.9. The van der Waals surface area contributed by atoms with Gasteiger partial charge >= 0.3 is 181 Å². The molecule has 2 nitrogen and oxygen atoms in total. The Balaban J connectivity index is 2.34. The van der Waals surface area contributed by atoms with Gasteiger partial charge in [-0.05, 0) is 0 Å². The molecule has 0 aliphatic carbocycles. The zero-order chi connectivity index (χ0) is 20.3. The summed E-state index contributed by atoms with van der Waals surface area (Å²) in [7, 11) is 16.7. The van der Waals surface area contributed by atoms with E-state index in [1.165, 1.54) is 43.5 Å². The summed E-state index contributed by atoms with van der Waals surface area (Å²) in [5, 5.41) is 2.61. The van der Waals surface area contributed by atoms with E-state index in [0.29, 0.717) is 0 Å². The summed E-state index contributed by atoms with van der Waals surface area (Å²) in [4.78, 5) is 0. The third-order valence-electron chi connectivity index (χ3n) is 6.48. The summed E-state index contributed by atoms with van der Waals surface area (Å²) in [5.74, 6) is 0.913. The van der Waals surface area contributed by atoms with E-state index in [9.17, 15) is 0 Å². The number of hydrogen-bond donors (Lipinski definition) is 0. The van der Waals surface area contributed by atoms with E-state index in [1.807, 2.05) is 6.07 Å². The van der Waals surface area contributed by atoms with Gasteiger partial charge in [0.25, 0.3) is 0 Å². The number of halogens is 1. The van der Waals surface area contributed by atoms with Crippen molar-refractivity contribution in [2.24, 2.45) is 0 Å². The van der Waals surface area contributed by atoms with E-state index in [0.717, 1.165) is 32.6 Å². The first-order chi connectivity index (χ1) is 13.3. The fourth-order valence-electron chi connectivity index (χ4n) is 4.46. The molecule has 10 heteroatoms. The molecule has 0 saturated carbocycles. The third-order valence-corrected chi connectivity index (χ3v) is 7.14. The van der Waals surface area contributed by atoms with Crippen LogP contribution in [0.3, 0.4) is 0 Å². The normalized spacial score (nSPS) is 12.3. The van der Waals surface area contributed by atoms with Gasteiger partial charge in [-0.1, -0.05) is 0 Å². The maximum absolute atomic E-state index is 6.27. The summed E-state index contributed by atoms with van der Waals surface area (Å²) in [6.45, 7) is 0. The van der Waals surface area contributed by atoms with Gasteiger partial charge in [-0.3, -0.25) is 0 Å². The molecule has 1 heterocycles. The molecule has 0 atom stereocenters. The number of benzene rings is 3. The molecule has 130 valence electrons. The minimum absolute atomic E-state index is 0.732. The van der Waals surface area contributed by atoms with Gasteiger partial charge in [0.2, 0.25) is 0 Å². The molecule has 0 unspecified atom stereocenters. The average molecular weight is 422 g/mol. The van der Waals surface area contributed by atoms with Crippen molar-refractivity contribution in [1.29, 1.82) is 0 Å². The van der Waals surface area contributed by atoms with Crippen LogP contribution >= 0.6 is 15.9 Å². The van der Waals surface area contributed by atoms with E-state index in [1.54, 1.807) is 14.2 Å². The van der Waals surface area contributed by atoms with E-state index in [2.05, 4.69) is 75.1 Å². The first-order valence-corrected chi connectivity index (χ1v) is 10.3. The first kappa shape index (κ1) is 19.6. The van der Waals surface area contributed by atoms with E-state index in [4.69, 9.17) is 9.39 Å². The fourth-order valence-corrected chi connectivity index (χ4v) is 5.02. The van der Waals surface area contributed by atoms with Crippen molar-refractivity contribution in [3.63, 3.8) is 0 Å². The Morgan fingerprint density at radius 2 is 1.43 bits per heavy atom. The molecule has 1 aliphatic heterocycles. The second-order valence-electron chi connectivity index (χ2n) is 7.67. The van der Waals surface area contributed by atoms with Crippen LogP contribution in [0.2, 0.25) is 0 Å². The maximum atomic E-state index is 6.27. The van der Waals surface area contributed by atoms with Gasteiger partial charge < -0.3 is 0 Å². The van der Waals surface area contributed by atoms with Crippen LogP contribution in [0.15, 0.2) is 22.7 Å². The molecule has 0 N–H and O–H groups in total. The zero-order valence-electron chi connectivity index (χ0n) is 17.5. The quantitative estimate of drug-likeness (QED) is 0.364. The van der Waals surface area contributed by atoms with Gasteiger partial charge in [-0.25, -0.2) is 0 Å². The van der Waals surface area contributed by atoms with Crippen LogP contribution in [-0.2, 0) is 4.74 Å². The van der Waals surface area contributed by atoms with E-state index in [-0.39, 0.29) is 0 Å². The van der Waals surface area contributed by atoms with Crippen molar-refractivity contribution in [2.45, 2.75) is 0 Å². The van der Waals surface area contributed by atoms with Crippen molar-refractivity contribution >= 4 is 119 Å². The summed E-state index contributed by atoms with van der Waals surface area (Å²) in [6, 6.07) is 6.22. The Labute approximate surface area is 180 Å². The fraction of sp³-hybridized carbons (Fsp3) is 0.0556. The van der Waals surface area contributed by atoms with Crippen molar-refractivity contribution in [3.8, 4) is 16.9 Å². The summed E-state index contributed by atoms with van der Waals surface area (Å²) >= 11 is 3.81. The Kier molecular flexibility index (Phi) is 4.90. The van der Waals surface area contributed by atoms with Gasteiger partial charge in [0, 0.05) is 0 Å². The van der Waals surface area contributed by atoms with E-state index < -0.39 is 0 Å². The Bertz CT molecular complexity index is 1210. The molecule has 3 aromatic carbocycles. The van der Waals surface area contributed by atoms with Gasteiger partial charge in [-0.15, -0.1) is 0 Å². The molecule has 0 fully saturated rings. The van der Waals surface area contributed by atoms with Crippen LogP contribution in [0.4, 0.5) is 0 Å². The average Bonchev–Trinajstić information content (AvgIpc) is 2.85. The molecule has 0 saturated heterocycles. The van der Waals surface area contributed by atoms with Gasteiger partial charge in [0.15, 0.2) is 0 Å². The van der Waals surface area contributed by atoms with Crippen LogP contribution in [0.1, 0.15) is 5.56 Å². The van der Waals surface area contributed by atoms with Crippen LogP contribution in [-0.4, -0.2) is 67.0 Å². The van der Waals surface area contributed by atoms with Crippen molar-refractivity contribution in [1.82, 2.24) is 0 Å². The van der Waals surface area contributed by atoms with Crippen LogP contribution in [0.25, 0.3) is 21.9 Å². The molecule has 3 aromatic rings. The monoisotopic (exact) mass is 422 g/mol. The number of fused-ring (bicyclic) bond motifs is 5. The van der Waals surface area contributed by atoms with E-state index >= 15 is 0 Å². The number of methoxy groups -OCH3 is 1. The number of ether oxygens (including phenoxy) is 1. The van der Waals surface area contributed by atoms with Crippen molar-refractivity contribution in [2.75, 3.05) is 7.11 Å². The zero-order valence-corrected chi connectivity index (χ0v) is 19.1. The molecule has 0 amide bonds. The number of rotatable bonds is 1. The van der Waals surface area contributed by atoms with Crippen molar-refractivity contribution < 1.29 is 9.39 Å². The second-order valence-corrected chi connectivity index (χ2v) is 8.52. The van der Waals surface area contributed by atoms with Crippen LogP contribution in [0.5, 0.6) is 5.75 Å². The van der Waals surface area contributed by atoms with Crippen LogP contribution < -0.4 is 37.4 Å². The Morgan fingerprint density at radius 3 is 2.07 bits per heavy atom. The molecule has 4 rings (SSSR count). The van der Waals surface area contributed by atoms with Gasteiger partial charge in [-0.2, -0.15) is 0 Å². The van der Waals surface area contributed by atoms with Crippen molar-refractivity contribution in [3.05, 3.63) is 28.2 Å². The Hall–Kier alpha value is -1.68. The third kappa shape index (κ3) is 2.60. The summed E-state index contributed by atoms with van der Waals surface area (Å²) < 4.78 is 13.0. The number of hydrogen-bond acceptors (Lipinski definition) is 2. The molecule has 0 bridgehead atoms. The summed E-state index contributed by atoms with van der Waals surface area (Å²) in [6.07, 6.45) is 0. The minimum atomic E-state index is 0.732. The predicted octanol–water partition coefficient (Wildman–Crippen LogP) is -6.04. The topological polar surface area (TPSA) is 18.5 Å². The molecule has 0 aromatic heterocycles. The predicted molar refractivity (Wildman–Crippen MR) is 144 cm³/mol. The SMILES string of the molecule is Bc1c(B)c(B)c2c3c(c(B)c(B)c2c1B)OB=C(OC)c1cccc(Br)c1-3. The standard InChI is InChI=1S/C18H18B7BrO2/c1-27-18-5-3-2-4-6(26)7(5)9-8-10(12(20)15(23)14(22)11(8)19)13(21)16(24)17(9)28-25-18/h2-4H,19-24H2,1H3. The van der Waals surface area contributed by atoms with Crippen LogP contribution in [0, 0.1) is 0 Å². The molecule has 0 radical (unpaired) electrons. The molecule has 1 aliphatic rings. The molecular formula is C18H18B7BrO2. The molecular weight excluding hydrogens is 404 g/mol. The second kappa shape index (κ2) is 6.98.